The van der Waals surface area contributed by atoms with Crippen LogP contribution in [0.5, 0.6) is 5.75 Å². The highest BCUT2D eigenvalue weighted by atomic mass is 35.5. The van der Waals surface area contributed by atoms with E-state index in [0.717, 1.165) is 0 Å². The van der Waals surface area contributed by atoms with Gasteiger partial charge < -0.3 is 15.2 Å². The van der Waals surface area contributed by atoms with Gasteiger partial charge in [0.2, 0.25) is 0 Å². The SMILES string of the molecule is OC(CNc1cc(F)cc(Cl)c1)COc1ccccc1F. The quantitative estimate of drug-likeness (QED) is 0.858. The topological polar surface area (TPSA) is 41.5 Å². The Kier molecular flexibility index (Phi) is 5.36. The summed E-state index contributed by atoms with van der Waals surface area (Å²) >= 11 is 5.72. The van der Waals surface area contributed by atoms with Crippen LogP contribution < -0.4 is 10.1 Å². The zero-order chi connectivity index (χ0) is 15.2. The van der Waals surface area contributed by atoms with Crippen molar-refractivity contribution in [2.45, 2.75) is 6.10 Å². The van der Waals surface area contributed by atoms with Crippen molar-refractivity contribution in [3.05, 3.63) is 59.1 Å². The molecule has 0 fully saturated rings. The first-order chi connectivity index (χ1) is 10.0. The van der Waals surface area contributed by atoms with E-state index >= 15 is 0 Å². The third-order valence-electron chi connectivity index (χ3n) is 2.67. The first kappa shape index (κ1) is 15.5. The number of aliphatic hydroxyl groups is 1. The molecule has 2 N–H and O–H groups in total. The standard InChI is InChI=1S/C15H14ClF2NO2/c16-10-5-11(17)7-12(6-10)19-8-13(20)9-21-15-4-2-1-3-14(15)18/h1-7,13,19-20H,8-9H2. The number of ether oxygens (including phenoxy) is 1. The van der Waals surface area contributed by atoms with Crippen molar-refractivity contribution in [3.63, 3.8) is 0 Å². The molecule has 0 radical (unpaired) electrons. The summed E-state index contributed by atoms with van der Waals surface area (Å²) in [7, 11) is 0. The summed E-state index contributed by atoms with van der Waals surface area (Å²) < 4.78 is 31.6. The average Bonchev–Trinajstić information content (AvgIpc) is 2.43. The minimum absolute atomic E-state index is 0.0744. The number of aliphatic hydroxyl groups excluding tert-OH is 1. The highest BCUT2D eigenvalue weighted by molar-refractivity contribution is 6.30. The van der Waals surface area contributed by atoms with Crippen LogP contribution in [0.15, 0.2) is 42.5 Å². The fourth-order valence-corrected chi connectivity index (χ4v) is 1.92. The van der Waals surface area contributed by atoms with Crippen molar-refractivity contribution in [1.29, 1.82) is 0 Å². The molecular formula is C15H14ClF2NO2. The van der Waals surface area contributed by atoms with Crippen LogP contribution in [0.3, 0.4) is 0 Å². The van der Waals surface area contributed by atoms with Gasteiger partial charge >= 0.3 is 0 Å². The Labute approximate surface area is 126 Å². The van der Waals surface area contributed by atoms with Crippen LogP contribution in [0, 0.1) is 11.6 Å². The Morgan fingerprint density at radius 3 is 2.67 bits per heavy atom. The maximum atomic E-state index is 13.3. The third kappa shape index (κ3) is 4.88. The van der Waals surface area contributed by atoms with E-state index in [1.54, 1.807) is 12.1 Å². The monoisotopic (exact) mass is 313 g/mol. The molecule has 1 atom stereocenters. The van der Waals surface area contributed by atoms with Crippen molar-refractivity contribution in [3.8, 4) is 5.75 Å². The van der Waals surface area contributed by atoms with Crippen molar-refractivity contribution in [2.75, 3.05) is 18.5 Å². The molecule has 2 aromatic carbocycles. The Morgan fingerprint density at radius 1 is 1.19 bits per heavy atom. The molecule has 0 amide bonds. The van der Waals surface area contributed by atoms with Gasteiger partial charge in [-0.25, -0.2) is 8.78 Å². The van der Waals surface area contributed by atoms with E-state index in [4.69, 9.17) is 16.3 Å². The molecule has 0 aliphatic carbocycles. The molecule has 0 aliphatic heterocycles. The Morgan fingerprint density at radius 2 is 1.95 bits per heavy atom. The molecule has 112 valence electrons. The molecule has 21 heavy (non-hydrogen) atoms. The van der Waals surface area contributed by atoms with Gasteiger partial charge in [0.1, 0.15) is 18.5 Å². The summed E-state index contributed by atoms with van der Waals surface area (Å²) in [6.45, 7) is 0.0330. The number of anilines is 1. The molecule has 6 heteroatoms. The highest BCUT2D eigenvalue weighted by Crippen LogP contribution is 2.18. The zero-order valence-corrected chi connectivity index (χ0v) is 11.8. The van der Waals surface area contributed by atoms with Crippen LogP contribution in [0.1, 0.15) is 0 Å². The number of benzene rings is 2. The van der Waals surface area contributed by atoms with Gasteiger partial charge in [0.25, 0.3) is 0 Å². The van der Waals surface area contributed by atoms with Crippen LogP contribution in [0.4, 0.5) is 14.5 Å². The van der Waals surface area contributed by atoms with Gasteiger partial charge in [-0.3, -0.25) is 0 Å². The van der Waals surface area contributed by atoms with E-state index in [9.17, 15) is 13.9 Å². The third-order valence-corrected chi connectivity index (χ3v) is 2.89. The van der Waals surface area contributed by atoms with Gasteiger partial charge in [-0.1, -0.05) is 23.7 Å². The molecule has 2 rings (SSSR count). The Bertz CT molecular complexity index is 590. The summed E-state index contributed by atoms with van der Waals surface area (Å²) in [6, 6.07) is 9.91. The minimum Gasteiger partial charge on any atom is -0.488 e. The fourth-order valence-electron chi connectivity index (χ4n) is 1.70. The second-order valence-electron chi connectivity index (χ2n) is 4.43. The second kappa shape index (κ2) is 7.24. The average molecular weight is 314 g/mol. The van der Waals surface area contributed by atoms with E-state index in [0.29, 0.717) is 5.69 Å². The molecule has 0 aliphatic rings. The highest BCUT2D eigenvalue weighted by Gasteiger charge is 2.08. The van der Waals surface area contributed by atoms with Crippen molar-refractivity contribution >= 4 is 17.3 Å². The first-order valence-corrected chi connectivity index (χ1v) is 6.68. The summed E-state index contributed by atoms with van der Waals surface area (Å²) in [5.41, 5.74) is 0.449. The van der Waals surface area contributed by atoms with Gasteiger partial charge in [0, 0.05) is 17.3 Å². The molecule has 0 saturated carbocycles. The summed E-state index contributed by atoms with van der Waals surface area (Å²) in [4.78, 5) is 0. The molecule has 3 nitrogen and oxygen atoms in total. The lowest BCUT2D eigenvalue weighted by molar-refractivity contribution is 0.115. The van der Waals surface area contributed by atoms with E-state index in [-0.39, 0.29) is 23.9 Å². The smallest absolute Gasteiger partial charge is 0.165 e. The van der Waals surface area contributed by atoms with Gasteiger partial charge in [0.05, 0.1) is 0 Å². The molecule has 0 aromatic heterocycles. The number of nitrogens with one attached hydrogen (secondary N) is 1. The molecule has 0 saturated heterocycles. The van der Waals surface area contributed by atoms with E-state index in [1.807, 2.05) is 0 Å². The maximum absolute atomic E-state index is 13.3. The minimum atomic E-state index is -0.883. The predicted molar refractivity (Wildman–Crippen MR) is 77.8 cm³/mol. The molecule has 2 aromatic rings. The lowest BCUT2D eigenvalue weighted by Crippen LogP contribution is -2.26. The van der Waals surface area contributed by atoms with Crippen LogP contribution in [0.25, 0.3) is 0 Å². The predicted octanol–water partition coefficient (Wildman–Crippen LogP) is 3.47. The van der Waals surface area contributed by atoms with Gasteiger partial charge in [-0.15, -0.1) is 0 Å². The number of hydrogen-bond donors (Lipinski definition) is 2. The van der Waals surface area contributed by atoms with E-state index < -0.39 is 17.7 Å². The van der Waals surface area contributed by atoms with Crippen molar-refractivity contribution in [2.24, 2.45) is 0 Å². The van der Waals surface area contributed by atoms with Gasteiger partial charge in [0.15, 0.2) is 11.6 Å². The molecule has 0 spiro atoms. The Hall–Kier alpha value is -1.85. The first-order valence-electron chi connectivity index (χ1n) is 6.30. The molecule has 0 bridgehead atoms. The second-order valence-corrected chi connectivity index (χ2v) is 4.87. The lowest BCUT2D eigenvalue weighted by atomic mass is 10.3. The summed E-state index contributed by atoms with van der Waals surface area (Å²) in [5, 5.41) is 12.9. The van der Waals surface area contributed by atoms with Gasteiger partial charge in [-0.2, -0.15) is 0 Å². The maximum Gasteiger partial charge on any atom is 0.165 e. The van der Waals surface area contributed by atoms with Crippen molar-refractivity contribution in [1.82, 2.24) is 0 Å². The van der Waals surface area contributed by atoms with Crippen LogP contribution in [-0.2, 0) is 0 Å². The van der Waals surface area contributed by atoms with E-state index in [2.05, 4.69) is 5.32 Å². The van der Waals surface area contributed by atoms with Crippen LogP contribution in [0.2, 0.25) is 5.02 Å². The van der Waals surface area contributed by atoms with Crippen LogP contribution >= 0.6 is 11.6 Å². The number of rotatable bonds is 6. The van der Waals surface area contributed by atoms with Crippen LogP contribution in [-0.4, -0.2) is 24.4 Å². The molecular weight excluding hydrogens is 300 g/mol. The summed E-state index contributed by atoms with van der Waals surface area (Å²) in [6.07, 6.45) is -0.883. The molecule has 0 heterocycles. The number of para-hydroxylation sites is 1. The number of hydrogen-bond acceptors (Lipinski definition) is 3. The van der Waals surface area contributed by atoms with Crippen molar-refractivity contribution < 1.29 is 18.6 Å². The zero-order valence-electron chi connectivity index (χ0n) is 11.0. The normalized spacial score (nSPS) is 12.0. The largest absolute Gasteiger partial charge is 0.488 e. The lowest BCUT2D eigenvalue weighted by Gasteiger charge is -2.14. The van der Waals surface area contributed by atoms with E-state index in [1.165, 1.54) is 30.3 Å². The van der Waals surface area contributed by atoms with Gasteiger partial charge in [-0.05, 0) is 30.3 Å². The molecule has 1 unspecified atom stereocenters. The fraction of sp³-hybridized carbons (Fsp3) is 0.200. The summed E-state index contributed by atoms with van der Waals surface area (Å²) in [5.74, 6) is -0.887. The number of halogens is 3. The Balaban J connectivity index is 1.82.